The molecule has 0 unspecified atom stereocenters. The third kappa shape index (κ3) is 2.52. The van der Waals surface area contributed by atoms with Gasteiger partial charge in [-0.3, -0.25) is 5.43 Å². The van der Waals surface area contributed by atoms with Crippen LogP contribution < -0.4 is 16.6 Å². The average Bonchev–Trinajstić information content (AvgIpc) is 2.75. The van der Waals surface area contributed by atoms with Crippen LogP contribution in [0.15, 0.2) is 29.4 Å². The van der Waals surface area contributed by atoms with E-state index in [9.17, 15) is 4.79 Å². The molecule has 1 aromatic heterocycles. The molecule has 1 aromatic carbocycles. The second kappa shape index (κ2) is 4.80. The Balaban J connectivity index is 2.29. The van der Waals surface area contributed by atoms with Crippen LogP contribution in [-0.2, 0) is 0 Å². The summed E-state index contributed by atoms with van der Waals surface area (Å²) in [5.74, 6) is 4.96. The molecule has 0 atom stereocenters. The minimum atomic E-state index is -0.509. The fraction of sp³-hybridized carbons (Fsp3) is 0. The summed E-state index contributed by atoms with van der Waals surface area (Å²) >= 11 is 4.09. The zero-order valence-corrected chi connectivity index (χ0v) is 9.43. The van der Waals surface area contributed by atoms with Crippen LogP contribution in [0, 0.1) is 0 Å². The van der Waals surface area contributed by atoms with E-state index in [0.29, 0.717) is 16.5 Å². The van der Waals surface area contributed by atoms with Gasteiger partial charge in [0.1, 0.15) is 0 Å². The van der Waals surface area contributed by atoms with Crippen LogP contribution in [0.25, 0.3) is 5.69 Å². The van der Waals surface area contributed by atoms with Gasteiger partial charge in [-0.05, 0) is 28.6 Å². The summed E-state index contributed by atoms with van der Waals surface area (Å²) in [7, 11) is 0. The number of carbonyl (C=O) groups excluding carboxylic acids is 1. The number of hydrazine groups is 1. The lowest BCUT2D eigenvalue weighted by atomic mass is 10.3. The van der Waals surface area contributed by atoms with Crippen molar-refractivity contribution in [3.8, 4) is 5.69 Å². The number of urea groups is 1. The van der Waals surface area contributed by atoms with Gasteiger partial charge in [0.25, 0.3) is 0 Å². The first kappa shape index (κ1) is 11.4. The Bertz CT molecular complexity index is 540. The number of nitrogens with zero attached hydrogens (tertiary/aromatic N) is 4. The maximum Gasteiger partial charge on any atom is 0.333 e. The van der Waals surface area contributed by atoms with Gasteiger partial charge >= 0.3 is 6.03 Å². The Labute approximate surface area is 102 Å². The van der Waals surface area contributed by atoms with E-state index in [1.807, 2.05) is 5.43 Å². The van der Waals surface area contributed by atoms with E-state index in [0.717, 1.165) is 0 Å². The summed E-state index contributed by atoms with van der Waals surface area (Å²) in [4.78, 5) is 11.0. The summed E-state index contributed by atoms with van der Waals surface area (Å²) in [5.41, 5.74) is 3.21. The highest BCUT2D eigenvalue weighted by Gasteiger charge is 2.05. The number of nitrogens with two attached hydrogens (primary N) is 1. The van der Waals surface area contributed by atoms with E-state index in [1.54, 1.807) is 24.3 Å². The summed E-state index contributed by atoms with van der Waals surface area (Å²) in [6.45, 7) is 0. The van der Waals surface area contributed by atoms with Crippen LogP contribution >= 0.6 is 12.6 Å². The molecule has 1 heterocycles. The monoisotopic (exact) mass is 251 g/mol. The fourth-order valence-corrected chi connectivity index (χ4v) is 1.43. The second-order valence-electron chi connectivity index (χ2n) is 3.04. The number of hydrogen-bond donors (Lipinski definition) is 4. The second-order valence-corrected chi connectivity index (χ2v) is 3.44. The van der Waals surface area contributed by atoms with Crippen molar-refractivity contribution in [3.63, 3.8) is 0 Å². The number of nitrogens with one attached hydrogen (secondary N) is 2. The van der Waals surface area contributed by atoms with Gasteiger partial charge < -0.3 is 5.32 Å². The Morgan fingerprint density at radius 2 is 2.29 bits per heavy atom. The van der Waals surface area contributed by atoms with E-state index < -0.39 is 6.03 Å². The smallest absolute Gasteiger partial charge is 0.307 e. The Hall–Kier alpha value is -2.13. The molecular formula is C8H9N7OS. The van der Waals surface area contributed by atoms with Gasteiger partial charge in [-0.25, -0.2) is 10.6 Å². The number of tetrazole rings is 1. The third-order valence-electron chi connectivity index (χ3n) is 1.93. The van der Waals surface area contributed by atoms with Crippen molar-refractivity contribution in [3.05, 3.63) is 24.3 Å². The highest BCUT2D eigenvalue weighted by Crippen LogP contribution is 2.15. The Morgan fingerprint density at radius 3 is 2.94 bits per heavy atom. The molecule has 0 fully saturated rings. The van der Waals surface area contributed by atoms with Crippen LogP contribution in [0.1, 0.15) is 0 Å². The molecule has 0 saturated heterocycles. The largest absolute Gasteiger partial charge is 0.333 e. The molecule has 2 rings (SSSR count). The minimum Gasteiger partial charge on any atom is -0.307 e. The number of rotatable bonds is 2. The third-order valence-corrected chi connectivity index (χ3v) is 2.21. The molecule has 4 N–H and O–H groups in total. The van der Waals surface area contributed by atoms with Crippen LogP contribution in [0.5, 0.6) is 0 Å². The molecule has 0 aliphatic carbocycles. The minimum absolute atomic E-state index is 0.352. The predicted octanol–water partition coefficient (Wildman–Crippen LogP) is -0.0538. The summed E-state index contributed by atoms with van der Waals surface area (Å²) in [6.07, 6.45) is 0. The number of hydrogen-bond acceptors (Lipinski definition) is 6. The van der Waals surface area contributed by atoms with Crippen molar-refractivity contribution in [2.24, 2.45) is 5.84 Å². The van der Waals surface area contributed by atoms with Crippen molar-refractivity contribution in [1.82, 2.24) is 25.6 Å². The molecule has 2 amide bonds. The zero-order chi connectivity index (χ0) is 12.3. The standard InChI is InChI=1S/C8H9N7OS/c9-11-7(16)10-5-2-1-3-6(4-5)15-8(17)12-13-14-15/h1-4H,9H2,(H2,10,11,16)(H,12,14,17). The van der Waals surface area contributed by atoms with Crippen LogP contribution in [0.2, 0.25) is 0 Å². The molecule has 8 nitrogen and oxygen atoms in total. The number of aromatic nitrogens is 4. The number of thiol groups is 1. The Morgan fingerprint density at radius 1 is 1.47 bits per heavy atom. The highest BCUT2D eigenvalue weighted by molar-refractivity contribution is 7.80. The van der Waals surface area contributed by atoms with E-state index in [4.69, 9.17) is 5.84 Å². The van der Waals surface area contributed by atoms with Crippen molar-refractivity contribution in [2.75, 3.05) is 5.32 Å². The predicted molar refractivity (Wildman–Crippen MR) is 62.7 cm³/mol. The van der Waals surface area contributed by atoms with E-state index in [1.165, 1.54) is 4.68 Å². The molecule has 0 spiro atoms. The lowest BCUT2D eigenvalue weighted by Crippen LogP contribution is -2.34. The zero-order valence-electron chi connectivity index (χ0n) is 8.53. The molecular weight excluding hydrogens is 242 g/mol. The van der Waals surface area contributed by atoms with Crippen molar-refractivity contribution in [1.29, 1.82) is 0 Å². The first-order valence-electron chi connectivity index (χ1n) is 4.56. The maximum absolute atomic E-state index is 11.0. The van der Waals surface area contributed by atoms with Crippen molar-refractivity contribution >= 4 is 24.3 Å². The summed E-state index contributed by atoms with van der Waals surface area (Å²) < 4.78 is 1.43. The van der Waals surface area contributed by atoms with E-state index in [-0.39, 0.29) is 0 Å². The topological polar surface area (TPSA) is 111 Å². The number of benzene rings is 1. The highest BCUT2D eigenvalue weighted by atomic mass is 32.1. The van der Waals surface area contributed by atoms with Crippen molar-refractivity contribution < 1.29 is 4.79 Å². The van der Waals surface area contributed by atoms with Gasteiger partial charge in [-0.15, -0.1) is 17.7 Å². The quantitative estimate of drug-likeness (QED) is 0.259. The number of carbonyl (C=O) groups is 1. The lowest BCUT2D eigenvalue weighted by molar-refractivity contribution is 0.252. The van der Waals surface area contributed by atoms with Gasteiger partial charge in [-0.2, -0.15) is 4.68 Å². The molecule has 0 radical (unpaired) electrons. The molecule has 17 heavy (non-hydrogen) atoms. The summed E-state index contributed by atoms with van der Waals surface area (Å²) in [6, 6.07) is 6.41. The molecule has 0 aliphatic rings. The molecule has 0 aliphatic heterocycles. The van der Waals surface area contributed by atoms with Gasteiger partial charge in [0.05, 0.1) is 5.69 Å². The summed E-state index contributed by atoms with van der Waals surface area (Å²) in [5, 5.41) is 13.8. The van der Waals surface area contributed by atoms with E-state index >= 15 is 0 Å². The first-order chi connectivity index (χ1) is 8.20. The molecule has 9 heteroatoms. The Kier molecular flexibility index (Phi) is 3.21. The van der Waals surface area contributed by atoms with Crippen LogP contribution in [0.4, 0.5) is 10.5 Å². The first-order valence-corrected chi connectivity index (χ1v) is 5.01. The van der Waals surface area contributed by atoms with E-state index in [2.05, 4.69) is 33.5 Å². The maximum atomic E-state index is 11.0. The van der Waals surface area contributed by atoms with Gasteiger partial charge in [-0.1, -0.05) is 6.07 Å². The molecule has 0 saturated carbocycles. The van der Waals surface area contributed by atoms with Crippen LogP contribution in [0.3, 0.4) is 0 Å². The van der Waals surface area contributed by atoms with Crippen LogP contribution in [-0.4, -0.2) is 26.2 Å². The SMILES string of the molecule is NNC(=O)Nc1cccc(-n2nnnc2S)c1. The number of amides is 2. The van der Waals surface area contributed by atoms with Gasteiger partial charge in [0.15, 0.2) is 0 Å². The molecule has 0 bridgehead atoms. The fourth-order valence-electron chi connectivity index (χ4n) is 1.23. The van der Waals surface area contributed by atoms with Gasteiger partial charge in [0.2, 0.25) is 5.16 Å². The number of anilines is 1. The normalized spacial score (nSPS) is 10.0. The molecule has 88 valence electrons. The van der Waals surface area contributed by atoms with Crippen molar-refractivity contribution in [2.45, 2.75) is 5.16 Å². The lowest BCUT2D eigenvalue weighted by Gasteiger charge is -2.06. The molecule has 2 aromatic rings. The average molecular weight is 251 g/mol. The van der Waals surface area contributed by atoms with Gasteiger partial charge in [0, 0.05) is 5.69 Å².